The minimum absolute atomic E-state index is 0.0446. The van der Waals surface area contributed by atoms with Crippen molar-refractivity contribution >= 4 is 68.9 Å². The van der Waals surface area contributed by atoms with Crippen molar-refractivity contribution in [3.63, 3.8) is 0 Å². The minimum atomic E-state index is -0.547. The van der Waals surface area contributed by atoms with E-state index in [-0.39, 0.29) is 17.2 Å². The van der Waals surface area contributed by atoms with Crippen LogP contribution in [0, 0.1) is 0 Å². The number of imide groups is 1. The highest BCUT2D eigenvalue weighted by molar-refractivity contribution is 8.18. The average Bonchev–Trinajstić information content (AvgIpc) is 3.17. The van der Waals surface area contributed by atoms with Gasteiger partial charge in [0.1, 0.15) is 0 Å². The quantitative estimate of drug-likeness (QED) is 0.136. The van der Waals surface area contributed by atoms with Gasteiger partial charge in [-0.1, -0.05) is 71.7 Å². The zero-order valence-electron chi connectivity index (χ0n) is 19.9. The number of hydrogen-bond donors (Lipinski definition) is 0. The molecule has 1 heterocycles. The second-order valence-corrected chi connectivity index (χ2v) is 10.1. The number of carbonyl (C=O) groups is 3. The topological polar surface area (TPSA) is 72.9 Å². The summed E-state index contributed by atoms with van der Waals surface area (Å²) >= 11 is 13.3. The van der Waals surface area contributed by atoms with Gasteiger partial charge in [-0.3, -0.25) is 14.5 Å². The summed E-state index contributed by atoms with van der Waals surface area (Å²) in [5.74, 6) is -0.492. The Morgan fingerprint density at radius 3 is 2.39 bits per heavy atom. The Morgan fingerprint density at radius 1 is 0.921 bits per heavy atom. The van der Waals surface area contributed by atoms with Crippen LogP contribution in [-0.2, 0) is 11.3 Å². The highest BCUT2D eigenvalue weighted by Crippen LogP contribution is 2.37. The van der Waals surface area contributed by atoms with Crippen molar-refractivity contribution in [3.05, 3.63) is 111 Å². The lowest BCUT2D eigenvalue weighted by Crippen LogP contribution is -2.27. The maximum Gasteiger partial charge on any atom is 0.344 e. The van der Waals surface area contributed by atoms with E-state index in [1.807, 2.05) is 30.3 Å². The van der Waals surface area contributed by atoms with E-state index in [9.17, 15) is 14.4 Å². The Kier molecular flexibility index (Phi) is 7.42. The lowest BCUT2D eigenvalue weighted by Gasteiger charge is -2.14. The van der Waals surface area contributed by atoms with E-state index < -0.39 is 17.1 Å². The predicted molar refractivity (Wildman–Crippen MR) is 150 cm³/mol. The molecular weight excluding hydrogens is 545 g/mol. The van der Waals surface area contributed by atoms with Gasteiger partial charge in [-0.05, 0) is 64.5 Å². The number of amides is 2. The molecule has 6 nitrogen and oxygen atoms in total. The molecule has 38 heavy (non-hydrogen) atoms. The van der Waals surface area contributed by atoms with Crippen LogP contribution in [0.5, 0.6) is 11.5 Å². The maximum absolute atomic E-state index is 13.1. The first-order valence-electron chi connectivity index (χ1n) is 11.4. The fraction of sp³-hybridized carbons (Fsp3) is 0.0690. The van der Waals surface area contributed by atoms with Gasteiger partial charge in [0.05, 0.1) is 24.1 Å². The Balaban J connectivity index is 1.41. The summed E-state index contributed by atoms with van der Waals surface area (Å²) in [6, 6.07) is 22.8. The number of hydrogen-bond acceptors (Lipinski definition) is 6. The van der Waals surface area contributed by atoms with Crippen LogP contribution in [0.15, 0.2) is 83.8 Å². The SMILES string of the molecule is COc1ccc(/C=C2\SC(=O)N(Cc3c(Cl)cccc3Cl)C2=O)cc1OC(=O)c1cccc2ccccc12. The molecule has 0 aliphatic carbocycles. The number of nitrogens with zero attached hydrogens (tertiary/aromatic N) is 1. The number of rotatable bonds is 6. The molecule has 0 N–H and O–H groups in total. The summed E-state index contributed by atoms with van der Waals surface area (Å²) in [5.41, 5.74) is 1.45. The van der Waals surface area contributed by atoms with Crippen molar-refractivity contribution in [1.82, 2.24) is 4.90 Å². The van der Waals surface area contributed by atoms with Crippen molar-refractivity contribution in [2.24, 2.45) is 0 Å². The molecule has 0 saturated carbocycles. The van der Waals surface area contributed by atoms with Gasteiger partial charge < -0.3 is 9.47 Å². The lowest BCUT2D eigenvalue weighted by atomic mass is 10.0. The molecular formula is C29H19Cl2NO5S. The number of benzene rings is 4. The summed E-state index contributed by atoms with van der Waals surface area (Å²) in [6.07, 6.45) is 1.56. The van der Waals surface area contributed by atoms with Gasteiger partial charge >= 0.3 is 5.97 Å². The molecule has 1 saturated heterocycles. The molecule has 0 bridgehead atoms. The third kappa shape index (κ3) is 5.13. The first-order valence-corrected chi connectivity index (χ1v) is 13.0. The van der Waals surface area contributed by atoms with Crippen molar-refractivity contribution in [2.75, 3.05) is 7.11 Å². The van der Waals surface area contributed by atoms with Crippen LogP contribution in [0.3, 0.4) is 0 Å². The molecule has 190 valence electrons. The monoisotopic (exact) mass is 563 g/mol. The Hall–Kier alpha value is -3.78. The molecule has 0 unspecified atom stereocenters. The molecule has 1 aliphatic heterocycles. The largest absolute Gasteiger partial charge is 0.493 e. The molecule has 0 spiro atoms. The van der Waals surface area contributed by atoms with E-state index in [2.05, 4.69) is 0 Å². The molecule has 1 fully saturated rings. The van der Waals surface area contributed by atoms with E-state index in [1.165, 1.54) is 7.11 Å². The number of fused-ring (bicyclic) bond motifs is 1. The molecule has 9 heteroatoms. The molecule has 5 rings (SSSR count). The minimum Gasteiger partial charge on any atom is -0.493 e. The average molecular weight is 564 g/mol. The fourth-order valence-corrected chi connectivity index (χ4v) is 5.41. The van der Waals surface area contributed by atoms with Gasteiger partial charge in [0.25, 0.3) is 11.1 Å². The Morgan fingerprint density at radius 2 is 1.63 bits per heavy atom. The molecule has 4 aromatic rings. The van der Waals surface area contributed by atoms with Gasteiger partial charge in [0.2, 0.25) is 0 Å². The molecule has 0 aromatic heterocycles. The number of esters is 1. The predicted octanol–water partition coefficient (Wildman–Crippen LogP) is 7.61. The number of carbonyl (C=O) groups excluding carboxylic acids is 3. The first kappa shape index (κ1) is 25.9. The number of ether oxygens (including phenoxy) is 2. The van der Waals surface area contributed by atoms with E-state index in [0.29, 0.717) is 32.5 Å². The van der Waals surface area contributed by atoms with Gasteiger partial charge in [0.15, 0.2) is 11.5 Å². The van der Waals surface area contributed by atoms with Crippen molar-refractivity contribution < 1.29 is 23.9 Å². The number of thioether (sulfide) groups is 1. The van der Waals surface area contributed by atoms with Crippen LogP contribution in [0.25, 0.3) is 16.8 Å². The van der Waals surface area contributed by atoms with E-state index >= 15 is 0 Å². The second-order valence-electron chi connectivity index (χ2n) is 8.29. The fourth-order valence-electron chi connectivity index (χ4n) is 4.05. The van der Waals surface area contributed by atoms with Crippen LogP contribution >= 0.6 is 35.0 Å². The summed E-state index contributed by atoms with van der Waals surface area (Å²) in [4.78, 5) is 40.1. The van der Waals surface area contributed by atoms with Crippen molar-refractivity contribution in [1.29, 1.82) is 0 Å². The standard InChI is InChI=1S/C29H19Cl2NO5S/c1-36-24-13-12-17(14-25(24)37-28(34)20-9-4-7-18-6-2-3-8-19(18)20)15-26-27(33)32(29(35)38-26)16-21-22(30)10-5-11-23(21)31/h2-15H,16H2,1H3/b26-15-. The Bertz CT molecular complexity index is 1610. The smallest absolute Gasteiger partial charge is 0.344 e. The normalized spacial score (nSPS) is 14.4. The van der Waals surface area contributed by atoms with Crippen molar-refractivity contribution in [3.8, 4) is 11.5 Å². The van der Waals surface area contributed by atoms with Gasteiger partial charge in [-0.25, -0.2) is 4.79 Å². The van der Waals surface area contributed by atoms with E-state index in [0.717, 1.165) is 27.4 Å². The molecule has 2 amide bonds. The van der Waals surface area contributed by atoms with Gasteiger partial charge in [-0.2, -0.15) is 0 Å². The maximum atomic E-state index is 13.1. The van der Waals surface area contributed by atoms with Crippen LogP contribution in [0.4, 0.5) is 4.79 Å². The van der Waals surface area contributed by atoms with E-state index in [4.69, 9.17) is 32.7 Å². The number of methoxy groups -OCH3 is 1. The van der Waals surface area contributed by atoms with Crippen LogP contribution in [0.1, 0.15) is 21.5 Å². The van der Waals surface area contributed by atoms with Gasteiger partial charge in [-0.15, -0.1) is 0 Å². The zero-order chi connectivity index (χ0) is 26.8. The summed E-state index contributed by atoms with van der Waals surface area (Å²) < 4.78 is 11.1. The van der Waals surface area contributed by atoms with Crippen LogP contribution in [0.2, 0.25) is 10.0 Å². The van der Waals surface area contributed by atoms with Crippen molar-refractivity contribution in [2.45, 2.75) is 6.54 Å². The molecule has 4 aromatic carbocycles. The van der Waals surface area contributed by atoms with E-state index in [1.54, 1.807) is 54.6 Å². The highest BCUT2D eigenvalue weighted by Gasteiger charge is 2.35. The second kappa shape index (κ2) is 10.9. The van der Waals surface area contributed by atoms with Crippen LogP contribution < -0.4 is 9.47 Å². The summed E-state index contributed by atoms with van der Waals surface area (Å²) in [6.45, 7) is -0.0446. The third-order valence-corrected chi connectivity index (χ3v) is 7.56. The molecule has 0 atom stereocenters. The highest BCUT2D eigenvalue weighted by atomic mass is 35.5. The third-order valence-electron chi connectivity index (χ3n) is 5.95. The van der Waals surface area contributed by atoms with Gasteiger partial charge in [0, 0.05) is 15.6 Å². The Labute approximate surface area is 232 Å². The summed E-state index contributed by atoms with van der Waals surface area (Å²) in [7, 11) is 1.47. The molecule has 0 radical (unpaired) electrons. The number of halogens is 2. The summed E-state index contributed by atoms with van der Waals surface area (Å²) in [5, 5.41) is 1.98. The lowest BCUT2D eigenvalue weighted by molar-refractivity contribution is -0.123. The first-order chi connectivity index (χ1) is 18.4. The zero-order valence-corrected chi connectivity index (χ0v) is 22.3. The molecule has 1 aliphatic rings. The van der Waals surface area contributed by atoms with Crippen LogP contribution in [-0.4, -0.2) is 29.1 Å².